The van der Waals surface area contributed by atoms with E-state index < -0.39 is 0 Å². The summed E-state index contributed by atoms with van der Waals surface area (Å²) in [5, 5.41) is 0. The lowest BCUT2D eigenvalue weighted by Gasteiger charge is -2.07. The van der Waals surface area contributed by atoms with Crippen LogP contribution in [0.15, 0.2) is 6.20 Å². The first-order valence-corrected chi connectivity index (χ1v) is 4.18. The van der Waals surface area contributed by atoms with Crippen LogP contribution in [-0.4, -0.2) is 22.2 Å². The fourth-order valence-electron chi connectivity index (χ4n) is 1.54. The van der Waals surface area contributed by atoms with Gasteiger partial charge in [-0.3, -0.25) is 9.38 Å². The van der Waals surface area contributed by atoms with Crippen LogP contribution in [0.25, 0.3) is 5.65 Å². The summed E-state index contributed by atoms with van der Waals surface area (Å²) in [5.74, 6) is 0. The van der Waals surface area contributed by atoms with E-state index in [-0.39, 0.29) is 0 Å². The zero-order valence-electron chi connectivity index (χ0n) is 8.00. The Morgan fingerprint density at radius 3 is 2.69 bits per heavy atom. The van der Waals surface area contributed by atoms with Crippen LogP contribution in [0.1, 0.15) is 17.1 Å². The molecule has 0 unspecified atom stereocenters. The van der Waals surface area contributed by atoms with E-state index in [1.807, 2.05) is 31.4 Å². The minimum atomic E-state index is 0.575. The fourth-order valence-corrected chi connectivity index (χ4v) is 1.54. The van der Waals surface area contributed by atoms with E-state index in [1.54, 1.807) is 0 Å². The highest BCUT2D eigenvalue weighted by Crippen LogP contribution is 2.09. The standard InChI is InChI=1S/C9H10BN3/c1-5-4-11-9-6(2)12-8(10)7(3)13(5)9/h4H,1-3H3. The third kappa shape index (κ3) is 1.05. The van der Waals surface area contributed by atoms with E-state index in [0.717, 1.165) is 22.7 Å². The van der Waals surface area contributed by atoms with Crippen LogP contribution in [0.2, 0.25) is 0 Å². The third-order valence-corrected chi connectivity index (χ3v) is 2.26. The smallest absolute Gasteiger partial charge is 0.158 e. The van der Waals surface area contributed by atoms with E-state index in [9.17, 15) is 0 Å². The molecule has 2 radical (unpaired) electrons. The van der Waals surface area contributed by atoms with Crippen molar-refractivity contribution in [3.05, 3.63) is 23.3 Å². The van der Waals surface area contributed by atoms with Crippen LogP contribution in [0, 0.1) is 20.8 Å². The molecule has 0 saturated heterocycles. The predicted molar refractivity (Wildman–Crippen MR) is 52.6 cm³/mol. The Bertz CT molecular complexity index is 473. The first kappa shape index (κ1) is 8.29. The molecule has 64 valence electrons. The van der Waals surface area contributed by atoms with Gasteiger partial charge in [-0.05, 0) is 20.8 Å². The monoisotopic (exact) mass is 171 g/mol. The zero-order chi connectivity index (χ0) is 9.59. The molecular weight excluding hydrogens is 161 g/mol. The molecule has 2 rings (SSSR count). The van der Waals surface area contributed by atoms with Crippen LogP contribution in [-0.2, 0) is 0 Å². The Balaban J connectivity index is 3.00. The Hall–Kier alpha value is -1.32. The molecule has 0 saturated carbocycles. The van der Waals surface area contributed by atoms with Crippen LogP contribution >= 0.6 is 0 Å². The molecule has 0 atom stereocenters. The highest BCUT2D eigenvalue weighted by molar-refractivity contribution is 6.31. The lowest BCUT2D eigenvalue weighted by atomic mass is 10.0. The van der Waals surface area contributed by atoms with Gasteiger partial charge in [-0.1, -0.05) is 0 Å². The third-order valence-electron chi connectivity index (χ3n) is 2.26. The van der Waals surface area contributed by atoms with Crippen molar-refractivity contribution < 1.29 is 0 Å². The quantitative estimate of drug-likeness (QED) is 0.538. The van der Waals surface area contributed by atoms with Crippen molar-refractivity contribution in [2.75, 3.05) is 0 Å². The summed E-state index contributed by atoms with van der Waals surface area (Å²) in [6, 6.07) is 0. The molecule has 2 aromatic rings. The lowest BCUT2D eigenvalue weighted by Crippen LogP contribution is -2.18. The summed E-state index contributed by atoms with van der Waals surface area (Å²) in [6.07, 6.45) is 1.83. The molecule has 0 N–H and O–H groups in total. The maximum absolute atomic E-state index is 5.76. The van der Waals surface area contributed by atoms with Gasteiger partial charge in [-0.15, -0.1) is 0 Å². The number of hydrogen-bond donors (Lipinski definition) is 0. The summed E-state index contributed by atoms with van der Waals surface area (Å²) in [5.41, 5.74) is 4.38. The molecule has 2 aromatic heterocycles. The Labute approximate surface area is 78.2 Å². The number of aromatic nitrogens is 3. The molecule has 0 spiro atoms. The van der Waals surface area contributed by atoms with Crippen LogP contribution < -0.4 is 5.59 Å². The van der Waals surface area contributed by atoms with Crippen molar-refractivity contribution in [3.8, 4) is 0 Å². The van der Waals surface area contributed by atoms with Gasteiger partial charge in [0.05, 0.1) is 5.69 Å². The molecular formula is C9H10BN3. The summed E-state index contributed by atoms with van der Waals surface area (Å²) in [4.78, 5) is 8.47. The van der Waals surface area contributed by atoms with E-state index in [4.69, 9.17) is 7.85 Å². The van der Waals surface area contributed by atoms with Gasteiger partial charge in [0.1, 0.15) is 7.85 Å². The van der Waals surface area contributed by atoms with Gasteiger partial charge >= 0.3 is 0 Å². The molecule has 0 aliphatic carbocycles. The van der Waals surface area contributed by atoms with Crippen LogP contribution in [0.3, 0.4) is 0 Å². The van der Waals surface area contributed by atoms with E-state index in [2.05, 4.69) is 9.97 Å². The molecule has 13 heavy (non-hydrogen) atoms. The summed E-state index contributed by atoms with van der Waals surface area (Å²) >= 11 is 0. The first-order chi connectivity index (χ1) is 6.11. The molecule has 0 fully saturated rings. The predicted octanol–water partition coefficient (Wildman–Crippen LogP) is 0.448. The molecule has 4 heteroatoms. The molecule has 2 heterocycles. The second-order valence-corrected chi connectivity index (χ2v) is 3.23. The zero-order valence-corrected chi connectivity index (χ0v) is 8.00. The average molecular weight is 171 g/mol. The normalized spacial score (nSPS) is 11.0. The SMILES string of the molecule is [B]c1nc(C)c2ncc(C)n2c1C. The molecule has 0 aliphatic rings. The summed E-state index contributed by atoms with van der Waals surface area (Å²) in [7, 11) is 5.76. The molecule has 3 nitrogen and oxygen atoms in total. The molecule has 0 aromatic carbocycles. The van der Waals surface area contributed by atoms with E-state index in [1.165, 1.54) is 0 Å². The van der Waals surface area contributed by atoms with E-state index >= 15 is 0 Å². The van der Waals surface area contributed by atoms with Crippen molar-refractivity contribution in [2.45, 2.75) is 20.8 Å². The molecule has 0 bridgehead atoms. The van der Waals surface area contributed by atoms with Gasteiger partial charge in [0.25, 0.3) is 0 Å². The molecule has 0 amide bonds. The van der Waals surface area contributed by atoms with Gasteiger partial charge in [-0.25, -0.2) is 4.98 Å². The van der Waals surface area contributed by atoms with Gasteiger partial charge < -0.3 is 0 Å². The molecule has 0 aliphatic heterocycles. The summed E-state index contributed by atoms with van der Waals surface area (Å²) in [6.45, 7) is 5.87. The first-order valence-electron chi connectivity index (χ1n) is 4.18. The number of nitrogens with zero attached hydrogens (tertiary/aromatic N) is 3. The van der Waals surface area contributed by atoms with Crippen molar-refractivity contribution in [2.24, 2.45) is 0 Å². The minimum Gasteiger partial charge on any atom is -0.299 e. The number of hydrogen-bond acceptors (Lipinski definition) is 2. The highest BCUT2D eigenvalue weighted by atomic mass is 15.0. The van der Waals surface area contributed by atoms with Crippen LogP contribution in [0.4, 0.5) is 0 Å². The largest absolute Gasteiger partial charge is 0.299 e. The van der Waals surface area contributed by atoms with Crippen molar-refractivity contribution in [3.63, 3.8) is 0 Å². The van der Waals surface area contributed by atoms with Gasteiger partial charge in [0.15, 0.2) is 5.65 Å². The topological polar surface area (TPSA) is 30.2 Å². The van der Waals surface area contributed by atoms with Gasteiger partial charge in [-0.2, -0.15) is 0 Å². The maximum Gasteiger partial charge on any atom is 0.158 e. The number of rotatable bonds is 0. The van der Waals surface area contributed by atoms with Crippen LogP contribution in [0.5, 0.6) is 0 Å². The Morgan fingerprint density at radius 2 is 2.00 bits per heavy atom. The second-order valence-electron chi connectivity index (χ2n) is 3.23. The highest BCUT2D eigenvalue weighted by Gasteiger charge is 2.07. The second kappa shape index (κ2) is 2.59. The number of fused-ring (bicyclic) bond motifs is 1. The lowest BCUT2D eigenvalue weighted by molar-refractivity contribution is 1.01. The van der Waals surface area contributed by atoms with Gasteiger partial charge in [0, 0.05) is 23.2 Å². The fraction of sp³-hybridized carbons (Fsp3) is 0.333. The number of aryl methyl sites for hydroxylation is 3. The van der Waals surface area contributed by atoms with E-state index in [0.29, 0.717) is 5.59 Å². The van der Waals surface area contributed by atoms with Crippen molar-refractivity contribution in [1.82, 2.24) is 14.4 Å². The summed E-state index contributed by atoms with van der Waals surface area (Å²) < 4.78 is 2.03. The maximum atomic E-state index is 5.76. The Kier molecular flexibility index (Phi) is 1.65. The van der Waals surface area contributed by atoms with Crippen molar-refractivity contribution in [1.29, 1.82) is 0 Å². The Morgan fingerprint density at radius 1 is 1.31 bits per heavy atom. The van der Waals surface area contributed by atoms with Gasteiger partial charge in [0.2, 0.25) is 0 Å². The van der Waals surface area contributed by atoms with Crippen molar-refractivity contribution >= 4 is 19.1 Å². The minimum absolute atomic E-state index is 0.575. The number of imidazole rings is 1. The average Bonchev–Trinajstić information content (AvgIpc) is 2.44.